The highest BCUT2D eigenvalue weighted by molar-refractivity contribution is 5.25. The van der Waals surface area contributed by atoms with E-state index in [0.29, 0.717) is 37.8 Å². The van der Waals surface area contributed by atoms with Gasteiger partial charge in [0.1, 0.15) is 0 Å². The highest BCUT2D eigenvalue weighted by Crippen LogP contribution is 2.42. The molecule has 0 N–H and O–H groups in total. The SMILES string of the molecule is COC[C@@]12COC[C@@H]1CN(Cc1cccc(C(F)(F)F)c1)C2. The largest absolute Gasteiger partial charge is 0.416 e. The molecule has 6 heteroatoms. The summed E-state index contributed by atoms with van der Waals surface area (Å²) in [5.74, 6) is 0.401. The summed E-state index contributed by atoms with van der Waals surface area (Å²) in [7, 11) is 1.68. The van der Waals surface area contributed by atoms with Crippen molar-refractivity contribution in [3.05, 3.63) is 35.4 Å². The Kier molecular flexibility index (Phi) is 4.18. The number of alkyl halides is 3. The van der Waals surface area contributed by atoms with E-state index in [1.165, 1.54) is 12.1 Å². The maximum atomic E-state index is 12.8. The molecule has 22 heavy (non-hydrogen) atoms. The van der Waals surface area contributed by atoms with Gasteiger partial charge >= 0.3 is 6.18 Å². The fraction of sp³-hybridized carbons (Fsp3) is 0.625. The molecule has 0 bridgehead atoms. The maximum absolute atomic E-state index is 12.8. The van der Waals surface area contributed by atoms with Gasteiger partial charge in [0.05, 0.1) is 25.4 Å². The monoisotopic (exact) mass is 315 g/mol. The standard InChI is InChI=1S/C16H20F3NO2/c1-21-10-15-9-20(7-14(15)8-22-11-15)6-12-3-2-4-13(5-12)16(17,18)19/h2-5,14H,6-11H2,1H3/t14-,15-/m0/s1. The van der Waals surface area contributed by atoms with Crippen molar-refractivity contribution in [2.75, 3.05) is 40.0 Å². The average Bonchev–Trinajstić information content (AvgIpc) is 2.94. The highest BCUT2D eigenvalue weighted by atomic mass is 19.4. The van der Waals surface area contributed by atoms with E-state index in [-0.39, 0.29) is 5.41 Å². The van der Waals surface area contributed by atoms with Crippen LogP contribution < -0.4 is 0 Å². The van der Waals surface area contributed by atoms with Gasteiger partial charge < -0.3 is 9.47 Å². The van der Waals surface area contributed by atoms with Crippen molar-refractivity contribution in [3.63, 3.8) is 0 Å². The predicted molar refractivity (Wildman–Crippen MR) is 75.3 cm³/mol. The molecular weight excluding hydrogens is 295 g/mol. The molecule has 2 fully saturated rings. The molecule has 2 aliphatic rings. The molecule has 2 saturated heterocycles. The maximum Gasteiger partial charge on any atom is 0.416 e. The van der Waals surface area contributed by atoms with Gasteiger partial charge in [-0.2, -0.15) is 13.2 Å². The minimum atomic E-state index is -4.29. The molecule has 2 atom stereocenters. The Morgan fingerprint density at radius 1 is 1.41 bits per heavy atom. The second-order valence-corrected chi connectivity index (χ2v) is 6.38. The lowest BCUT2D eigenvalue weighted by Gasteiger charge is -2.26. The van der Waals surface area contributed by atoms with Crippen LogP contribution in [0.15, 0.2) is 24.3 Å². The summed E-state index contributed by atoms with van der Waals surface area (Å²) < 4.78 is 49.3. The Labute approximate surface area is 128 Å². The van der Waals surface area contributed by atoms with Gasteiger partial charge in [-0.05, 0) is 11.6 Å². The summed E-state index contributed by atoms with van der Waals surface area (Å²) in [5, 5.41) is 0. The Morgan fingerprint density at radius 3 is 2.95 bits per heavy atom. The molecule has 0 radical (unpaired) electrons. The smallest absolute Gasteiger partial charge is 0.384 e. The van der Waals surface area contributed by atoms with E-state index < -0.39 is 11.7 Å². The number of rotatable bonds is 4. The zero-order chi connectivity index (χ0) is 15.8. The molecule has 3 rings (SSSR count). The van der Waals surface area contributed by atoms with Crippen LogP contribution >= 0.6 is 0 Å². The van der Waals surface area contributed by atoms with Crippen LogP contribution in [0, 0.1) is 11.3 Å². The van der Waals surface area contributed by atoms with E-state index in [1.807, 2.05) is 0 Å². The minimum Gasteiger partial charge on any atom is -0.384 e. The topological polar surface area (TPSA) is 21.7 Å². The van der Waals surface area contributed by atoms with Crippen LogP contribution in [0.4, 0.5) is 13.2 Å². The van der Waals surface area contributed by atoms with Crippen molar-refractivity contribution < 1.29 is 22.6 Å². The quantitative estimate of drug-likeness (QED) is 0.853. The molecule has 0 amide bonds. The number of nitrogens with zero attached hydrogens (tertiary/aromatic N) is 1. The third-order valence-corrected chi connectivity index (χ3v) is 4.68. The number of hydrogen-bond donors (Lipinski definition) is 0. The second kappa shape index (κ2) is 5.83. The molecule has 2 heterocycles. The van der Waals surface area contributed by atoms with Gasteiger partial charge in [0.25, 0.3) is 0 Å². The van der Waals surface area contributed by atoms with Gasteiger partial charge in [0.15, 0.2) is 0 Å². The van der Waals surface area contributed by atoms with E-state index in [2.05, 4.69) is 4.90 Å². The van der Waals surface area contributed by atoms with Crippen molar-refractivity contribution in [2.45, 2.75) is 12.7 Å². The van der Waals surface area contributed by atoms with Crippen molar-refractivity contribution in [2.24, 2.45) is 11.3 Å². The van der Waals surface area contributed by atoms with E-state index >= 15 is 0 Å². The van der Waals surface area contributed by atoms with E-state index in [0.717, 1.165) is 19.2 Å². The first-order valence-corrected chi connectivity index (χ1v) is 7.38. The van der Waals surface area contributed by atoms with Crippen LogP contribution in [0.2, 0.25) is 0 Å². The number of benzene rings is 1. The van der Waals surface area contributed by atoms with Crippen molar-refractivity contribution in [3.8, 4) is 0 Å². The Morgan fingerprint density at radius 2 is 2.23 bits per heavy atom. The molecule has 1 aromatic rings. The van der Waals surface area contributed by atoms with E-state index in [1.54, 1.807) is 13.2 Å². The summed E-state index contributed by atoms with van der Waals surface area (Å²) in [6.45, 7) is 4.21. The molecule has 0 saturated carbocycles. The highest BCUT2D eigenvalue weighted by Gasteiger charge is 2.50. The van der Waals surface area contributed by atoms with Crippen LogP contribution in [0.3, 0.4) is 0 Å². The Hall–Kier alpha value is -1.11. The number of methoxy groups -OCH3 is 1. The second-order valence-electron chi connectivity index (χ2n) is 6.38. The fourth-order valence-electron chi connectivity index (χ4n) is 3.66. The zero-order valence-corrected chi connectivity index (χ0v) is 12.5. The molecule has 0 unspecified atom stereocenters. The van der Waals surface area contributed by atoms with Crippen LogP contribution in [0.25, 0.3) is 0 Å². The van der Waals surface area contributed by atoms with E-state index in [9.17, 15) is 13.2 Å². The lowest BCUT2D eigenvalue weighted by molar-refractivity contribution is -0.137. The van der Waals surface area contributed by atoms with Crippen LogP contribution in [-0.4, -0.2) is 44.9 Å². The number of ether oxygens (including phenoxy) is 2. The summed E-state index contributed by atoms with van der Waals surface area (Å²) >= 11 is 0. The summed E-state index contributed by atoms with van der Waals surface area (Å²) in [6.07, 6.45) is -4.29. The van der Waals surface area contributed by atoms with Crippen LogP contribution in [0.5, 0.6) is 0 Å². The van der Waals surface area contributed by atoms with Crippen molar-refractivity contribution in [1.29, 1.82) is 0 Å². The van der Waals surface area contributed by atoms with Crippen LogP contribution in [0.1, 0.15) is 11.1 Å². The van der Waals surface area contributed by atoms with Gasteiger partial charge in [0.2, 0.25) is 0 Å². The van der Waals surface area contributed by atoms with Crippen molar-refractivity contribution >= 4 is 0 Å². The molecule has 0 spiro atoms. The number of likely N-dealkylation sites (tertiary alicyclic amines) is 1. The minimum absolute atomic E-state index is 0.00358. The first-order valence-electron chi connectivity index (χ1n) is 7.38. The van der Waals surface area contributed by atoms with Gasteiger partial charge in [-0.1, -0.05) is 18.2 Å². The Bertz CT molecular complexity index is 534. The molecular formula is C16H20F3NO2. The third-order valence-electron chi connectivity index (χ3n) is 4.68. The zero-order valence-electron chi connectivity index (χ0n) is 12.5. The van der Waals surface area contributed by atoms with Gasteiger partial charge in [-0.3, -0.25) is 4.90 Å². The van der Waals surface area contributed by atoms with Crippen molar-refractivity contribution in [1.82, 2.24) is 4.90 Å². The van der Waals surface area contributed by atoms with Crippen LogP contribution in [-0.2, 0) is 22.2 Å². The number of halogens is 3. The first-order chi connectivity index (χ1) is 10.4. The van der Waals surface area contributed by atoms with Gasteiger partial charge in [-0.25, -0.2) is 0 Å². The molecule has 2 aliphatic heterocycles. The van der Waals surface area contributed by atoms with Gasteiger partial charge in [0, 0.05) is 38.1 Å². The summed E-state index contributed by atoms with van der Waals surface area (Å²) in [4.78, 5) is 2.21. The fourth-order valence-corrected chi connectivity index (χ4v) is 3.66. The first kappa shape index (κ1) is 15.8. The lowest BCUT2D eigenvalue weighted by atomic mass is 9.82. The molecule has 122 valence electrons. The number of hydrogen-bond acceptors (Lipinski definition) is 3. The van der Waals surface area contributed by atoms with E-state index in [4.69, 9.17) is 9.47 Å². The summed E-state index contributed by atoms with van der Waals surface area (Å²) in [5.41, 5.74) is 0.110. The molecule has 0 aliphatic carbocycles. The molecule has 1 aromatic carbocycles. The van der Waals surface area contributed by atoms with Gasteiger partial charge in [-0.15, -0.1) is 0 Å². The number of fused-ring (bicyclic) bond motifs is 1. The molecule has 0 aromatic heterocycles. The molecule has 3 nitrogen and oxygen atoms in total. The average molecular weight is 315 g/mol. The summed E-state index contributed by atoms with van der Waals surface area (Å²) in [6, 6.07) is 5.59. The predicted octanol–water partition coefficient (Wildman–Crippen LogP) is 2.80. The normalized spacial score (nSPS) is 29.0. The lowest BCUT2D eigenvalue weighted by Crippen LogP contribution is -2.35. The Balaban J connectivity index is 1.70. The third kappa shape index (κ3) is 3.00.